The molecule has 0 saturated carbocycles. The first-order chi connectivity index (χ1) is 9.49. The number of hydrogen-bond acceptors (Lipinski definition) is 3. The van der Waals surface area contributed by atoms with Crippen LogP contribution in [0.4, 0.5) is 4.39 Å². The predicted molar refractivity (Wildman–Crippen MR) is 76.3 cm³/mol. The molecule has 6 heteroatoms. The lowest BCUT2D eigenvalue weighted by Crippen LogP contribution is -2.35. The largest absolute Gasteiger partial charge is 0.389 e. The minimum Gasteiger partial charge on any atom is -0.389 e. The fraction of sp³-hybridized carbons (Fsp3) is 0.357. The summed E-state index contributed by atoms with van der Waals surface area (Å²) >= 11 is 4.91. The molecule has 1 fully saturated rings. The van der Waals surface area contributed by atoms with Crippen molar-refractivity contribution in [3.8, 4) is 0 Å². The molecule has 1 aromatic rings. The Morgan fingerprint density at radius 1 is 1.25 bits per heavy atom. The number of benzene rings is 1. The average Bonchev–Trinajstić information content (AvgIpc) is 2.53. The fourth-order valence-corrected chi connectivity index (χ4v) is 2.44. The molecular weight excluding hydrogens is 279 g/mol. The molecular formula is C14H15FN2O2S. The summed E-state index contributed by atoms with van der Waals surface area (Å²) in [6.07, 6.45) is 2.08. The van der Waals surface area contributed by atoms with Gasteiger partial charge in [0.25, 0.3) is 0 Å². The first kappa shape index (κ1) is 14.6. The van der Waals surface area contributed by atoms with Gasteiger partial charge in [-0.3, -0.25) is 14.5 Å². The smallest absolute Gasteiger partial charge is 0.229 e. The molecule has 2 rings (SSSR count). The third-order valence-corrected chi connectivity index (χ3v) is 3.51. The van der Waals surface area contributed by atoms with Crippen molar-refractivity contribution in [2.45, 2.75) is 32.2 Å². The summed E-state index contributed by atoms with van der Waals surface area (Å²) in [5.74, 6) is -0.911. The van der Waals surface area contributed by atoms with Crippen molar-refractivity contribution in [2.75, 3.05) is 0 Å². The Bertz CT molecular complexity index is 556. The number of nitrogens with two attached hydrogens (primary N) is 1. The van der Waals surface area contributed by atoms with Gasteiger partial charge >= 0.3 is 0 Å². The maximum atomic E-state index is 13.4. The van der Waals surface area contributed by atoms with Crippen LogP contribution in [0.25, 0.3) is 0 Å². The third-order valence-electron chi connectivity index (χ3n) is 3.29. The zero-order chi connectivity index (χ0) is 14.7. The SMILES string of the molecule is NC(=S)c1ccc(F)cc1CN1C(=O)CCCCC1=O. The Hall–Kier alpha value is -1.82. The van der Waals surface area contributed by atoms with Crippen LogP contribution in [0.1, 0.15) is 36.8 Å². The summed E-state index contributed by atoms with van der Waals surface area (Å²) in [7, 11) is 0. The Morgan fingerprint density at radius 2 is 1.85 bits per heavy atom. The Kier molecular flexibility index (Phi) is 4.44. The lowest BCUT2D eigenvalue weighted by molar-refractivity contribution is -0.144. The minimum absolute atomic E-state index is 0.0160. The summed E-state index contributed by atoms with van der Waals surface area (Å²) in [4.78, 5) is 25.2. The first-order valence-corrected chi connectivity index (χ1v) is 6.81. The lowest BCUT2D eigenvalue weighted by atomic mass is 10.1. The van der Waals surface area contributed by atoms with Crippen LogP contribution in [0.3, 0.4) is 0 Å². The highest BCUT2D eigenvalue weighted by atomic mass is 32.1. The normalized spacial score (nSPS) is 16.1. The molecule has 0 atom stereocenters. The van der Waals surface area contributed by atoms with Gasteiger partial charge in [0.05, 0.1) is 6.54 Å². The maximum Gasteiger partial charge on any atom is 0.229 e. The topological polar surface area (TPSA) is 63.4 Å². The molecule has 106 valence electrons. The van der Waals surface area contributed by atoms with Crippen molar-refractivity contribution < 1.29 is 14.0 Å². The summed E-state index contributed by atoms with van der Waals surface area (Å²) in [5, 5.41) is 0. The van der Waals surface area contributed by atoms with Gasteiger partial charge in [0.15, 0.2) is 0 Å². The van der Waals surface area contributed by atoms with Crippen LogP contribution >= 0.6 is 12.2 Å². The standard InChI is InChI=1S/C14H15FN2O2S/c15-10-5-6-11(14(16)20)9(7-10)8-17-12(18)3-1-2-4-13(17)19/h5-7H,1-4,8H2,(H2,16,20). The van der Waals surface area contributed by atoms with Crippen LogP contribution in [0.15, 0.2) is 18.2 Å². The molecule has 1 heterocycles. The molecule has 2 amide bonds. The van der Waals surface area contributed by atoms with E-state index in [0.29, 0.717) is 36.8 Å². The highest BCUT2D eigenvalue weighted by Crippen LogP contribution is 2.19. The number of nitrogens with zero attached hydrogens (tertiary/aromatic N) is 1. The molecule has 0 spiro atoms. The van der Waals surface area contributed by atoms with E-state index in [4.69, 9.17) is 18.0 Å². The first-order valence-electron chi connectivity index (χ1n) is 6.40. The predicted octanol–water partition coefficient (Wildman–Crippen LogP) is 1.89. The molecule has 0 bridgehead atoms. The van der Waals surface area contributed by atoms with Crippen LogP contribution in [-0.2, 0) is 16.1 Å². The molecule has 20 heavy (non-hydrogen) atoms. The molecule has 0 unspecified atom stereocenters. The monoisotopic (exact) mass is 294 g/mol. The van der Waals surface area contributed by atoms with E-state index in [1.165, 1.54) is 23.1 Å². The molecule has 0 aromatic heterocycles. The maximum absolute atomic E-state index is 13.4. The number of amides is 2. The summed E-state index contributed by atoms with van der Waals surface area (Å²) in [6.45, 7) is 0.0160. The number of thiocarbonyl (C=S) groups is 1. The van der Waals surface area contributed by atoms with E-state index < -0.39 is 5.82 Å². The van der Waals surface area contributed by atoms with Gasteiger partial charge in [-0.2, -0.15) is 0 Å². The van der Waals surface area contributed by atoms with E-state index in [9.17, 15) is 14.0 Å². The molecule has 4 nitrogen and oxygen atoms in total. The van der Waals surface area contributed by atoms with Gasteiger partial charge in [0.1, 0.15) is 10.8 Å². The quantitative estimate of drug-likeness (QED) is 0.683. The zero-order valence-corrected chi connectivity index (χ0v) is 11.7. The second-order valence-electron chi connectivity index (χ2n) is 4.75. The highest BCUT2D eigenvalue weighted by molar-refractivity contribution is 7.80. The van der Waals surface area contributed by atoms with Crippen molar-refractivity contribution in [1.82, 2.24) is 4.90 Å². The Morgan fingerprint density at radius 3 is 2.40 bits per heavy atom. The number of carbonyl (C=O) groups is 2. The van der Waals surface area contributed by atoms with Crippen molar-refractivity contribution in [1.29, 1.82) is 0 Å². The van der Waals surface area contributed by atoms with Crippen LogP contribution in [0.2, 0.25) is 0 Å². The number of imide groups is 1. The van der Waals surface area contributed by atoms with Crippen molar-refractivity contribution >= 4 is 29.0 Å². The van der Waals surface area contributed by atoms with Crippen LogP contribution in [-0.4, -0.2) is 21.7 Å². The third kappa shape index (κ3) is 3.19. The Labute approximate surface area is 121 Å². The van der Waals surface area contributed by atoms with Crippen LogP contribution < -0.4 is 5.73 Å². The molecule has 0 radical (unpaired) electrons. The number of carbonyl (C=O) groups excluding carboxylic acids is 2. The van der Waals surface area contributed by atoms with E-state index >= 15 is 0 Å². The molecule has 1 aliphatic heterocycles. The van der Waals surface area contributed by atoms with Gasteiger partial charge in [-0.25, -0.2) is 4.39 Å². The average molecular weight is 294 g/mol. The van der Waals surface area contributed by atoms with Crippen molar-refractivity contribution in [2.24, 2.45) is 5.73 Å². The van der Waals surface area contributed by atoms with Gasteiger partial charge in [-0.1, -0.05) is 12.2 Å². The number of hydrogen-bond donors (Lipinski definition) is 1. The van der Waals surface area contributed by atoms with Gasteiger partial charge in [0.2, 0.25) is 11.8 Å². The molecule has 1 saturated heterocycles. The van der Waals surface area contributed by atoms with E-state index in [-0.39, 0.29) is 23.3 Å². The molecule has 1 aromatic carbocycles. The lowest BCUT2D eigenvalue weighted by Gasteiger charge is -2.20. The van der Waals surface area contributed by atoms with Gasteiger partial charge in [-0.15, -0.1) is 0 Å². The van der Waals surface area contributed by atoms with Crippen LogP contribution in [0.5, 0.6) is 0 Å². The zero-order valence-electron chi connectivity index (χ0n) is 10.9. The second-order valence-corrected chi connectivity index (χ2v) is 5.19. The highest BCUT2D eigenvalue weighted by Gasteiger charge is 2.25. The molecule has 0 aliphatic carbocycles. The van der Waals surface area contributed by atoms with Gasteiger partial charge < -0.3 is 5.73 Å². The molecule has 1 aliphatic rings. The van der Waals surface area contributed by atoms with E-state index in [2.05, 4.69) is 0 Å². The Balaban J connectivity index is 2.32. The number of likely N-dealkylation sites (tertiary alicyclic amines) is 1. The fourth-order valence-electron chi connectivity index (χ4n) is 2.24. The van der Waals surface area contributed by atoms with E-state index in [1.54, 1.807) is 0 Å². The van der Waals surface area contributed by atoms with Crippen molar-refractivity contribution in [3.05, 3.63) is 35.1 Å². The number of halogens is 1. The second kappa shape index (κ2) is 6.09. The summed E-state index contributed by atoms with van der Waals surface area (Å²) in [6, 6.07) is 3.99. The number of rotatable bonds is 3. The van der Waals surface area contributed by atoms with E-state index in [0.717, 1.165) is 0 Å². The van der Waals surface area contributed by atoms with Gasteiger partial charge in [-0.05, 0) is 36.6 Å². The summed E-state index contributed by atoms with van der Waals surface area (Å²) < 4.78 is 13.4. The van der Waals surface area contributed by atoms with Gasteiger partial charge in [0, 0.05) is 18.4 Å². The minimum atomic E-state index is -0.449. The van der Waals surface area contributed by atoms with E-state index in [1.807, 2.05) is 0 Å². The van der Waals surface area contributed by atoms with Crippen LogP contribution in [0, 0.1) is 5.82 Å². The summed E-state index contributed by atoms with van der Waals surface area (Å²) in [5.41, 5.74) is 6.54. The van der Waals surface area contributed by atoms with Crippen molar-refractivity contribution in [3.63, 3.8) is 0 Å². The molecule has 2 N–H and O–H groups in total.